The Bertz CT molecular complexity index is 457. The number of rotatable bonds is 4. The summed E-state index contributed by atoms with van der Waals surface area (Å²) in [5, 5.41) is 18.9. The maximum Gasteiger partial charge on any atom is 0.310 e. The highest BCUT2D eigenvalue weighted by Gasteiger charge is 2.27. The van der Waals surface area contributed by atoms with Gasteiger partial charge in [0.2, 0.25) is 0 Å². The van der Waals surface area contributed by atoms with Gasteiger partial charge in [0, 0.05) is 19.6 Å². The Morgan fingerprint density at radius 2 is 1.85 bits per heavy atom. The van der Waals surface area contributed by atoms with E-state index in [1.54, 1.807) is 6.92 Å². The van der Waals surface area contributed by atoms with Crippen LogP contribution in [0.5, 0.6) is 0 Å². The van der Waals surface area contributed by atoms with Gasteiger partial charge in [0.05, 0.1) is 11.5 Å². The van der Waals surface area contributed by atoms with E-state index in [0.717, 1.165) is 38.0 Å². The van der Waals surface area contributed by atoms with E-state index in [1.165, 1.54) is 5.56 Å². The number of hydrogen-bond acceptors (Lipinski definition) is 3. The number of likely N-dealkylation sites (tertiary alicyclic amines) is 1. The summed E-state index contributed by atoms with van der Waals surface area (Å²) in [7, 11) is 0. The fourth-order valence-corrected chi connectivity index (χ4v) is 2.51. The number of carbonyl (C=O) groups is 1. The van der Waals surface area contributed by atoms with Crippen molar-refractivity contribution in [1.82, 2.24) is 4.90 Å². The van der Waals surface area contributed by atoms with Crippen molar-refractivity contribution in [2.24, 2.45) is 0 Å². The first kappa shape index (κ1) is 15.0. The maximum atomic E-state index is 10.9. The Hall–Kier alpha value is -1.39. The van der Waals surface area contributed by atoms with Crippen LogP contribution >= 0.6 is 0 Å². The highest BCUT2D eigenvalue weighted by molar-refractivity contribution is 5.75. The first-order valence-electron chi connectivity index (χ1n) is 7.14. The van der Waals surface area contributed by atoms with Crippen molar-refractivity contribution in [2.45, 2.75) is 44.8 Å². The number of benzene rings is 1. The van der Waals surface area contributed by atoms with E-state index in [0.29, 0.717) is 0 Å². The van der Waals surface area contributed by atoms with Gasteiger partial charge < -0.3 is 10.2 Å². The van der Waals surface area contributed by atoms with Crippen molar-refractivity contribution in [2.75, 3.05) is 13.1 Å². The Morgan fingerprint density at radius 3 is 2.35 bits per heavy atom. The highest BCUT2D eigenvalue weighted by atomic mass is 16.4. The van der Waals surface area contributed by atoms with Gasteiger partial charge in [-0.1, -0.05) is 24.3 Å². The van der Waals surface area contributed by atoms with E-state index in [9.17, 15) is 9.90 Å². The first-order valence-corrected chi connectivity index (χ1v) is 7.14. The second kappa shape index (κ2) is 5.94. The van der Waals surface area contributed by atoms with Gasteiger partial charge in [0.25, 0.3) is 0 Å². The average molecular weight is 277 g/mol. The lowest BCUT2D eigenvalue weighted by molar-refractivity contribution is -0.138. The van der Waals surface area contributed by atoms with Crippen LogP contribution in [0.3, 0.4) is 0 Å². The molecule has 4 nitrogen and oxygen atoms in total. The Kier molecular flexibility index (Phi) is 4.45. The van der Waals surface area contributed by atoms with Crippen LogP contribution in [0.25, 0.3) is 0 Å². The third kappa shape index (κ3) is 3.81. The van der Waals surface area contributed by atoms with Crippen LogP contribution in [0.1, 0.15) is 43.7 Å². The summed E-state index contributed by atoms with van der Waals surface area (Å²) in [4.78, 5) is 13.3. The molecule has 0 aromatic heterocycles. The number of nitrogens with zero attached hydrogens (tertiary/aromatic N) is 1. The minimum Gasteiger partial charge on any atom is -0.481 e. The minimum absolute atomic E-state index is 0.464. The summed E-state index contributed by atoms with van der Waals surface area (Å²) in [6.45, 7) is 6.26. The molecular formula is C16H23NO3. The second-order valence-electron chi connectivity index (χ2n) is 6.07. The molecule has 1 aromatic rings. The van der Waals surface area contributed by atoms with E-state index in [-0.39, 0.29) is 0 Å². The van der Waals surface area contributed by atoms with Crippen LogP contribution in [-0.4, -0.2) is 39.8 Å². The highest BCUT2D eigenvalue weighted by Crippen LogP contribution is 2.23. The molecule has 4 heteroatoms. The van der Waals surface area contributed by atoms with Gasteiger partial charge in [0.15, 0.2) is 0 Å². The minimum atomic E-state index is -0.795. The molecule has 0 bridgehead atoms. The predicted molar refractivity (Wildman–Crippen MR) is 77.6 cm³/mol. The third-order valence-electron chi connectivity index (χ3n) is 4.19. The zero-order valence-corrected chi connectivity index (χ0v) is 12.2. The topological polar surface area (TPSA) is 60.8 Å². The Balaban J connectivity index is 1.93. The van der Waals surface area contributed by atoms with E-state index in [2.05, 4.69) is 4.90 Å². The molecule has 1 unspecified atom stereocenters. The number of carboxylic acid groups (broad SMARTS) is 1. The quantitative estimate of drug-likeness (QED) is 0.886. The first-order chi connectivity index (χ1) is 9.37. The summed E-state index contributed by atoms with van der Waals surface area (Å²) in [5.74, 6) is -1.26. The van der Waals surface area contributed by atoms with Crippen molar-refractivity contribution < 1.29 is 15.0 Å². The van der Waals surface area contributed by atoms with Gasteiger partial charge >= 0.3 is 5.97 Å². The summed E-state index contributed by atoms with van der Waals surface area (Å²) in [6, 6.07) is 7.80. The molecule has 0 radical (unpaired) electrons. The van der Waals surface area contributed by atoms with Crippen LogP contribution in [0.4, 0.5) is 0 Å². The molecule has 1 fully saturated rings. The van der Waals surface area contributed by atoms with E-state index < -0.39 is 17.5 Å². The van der Waals surface area contributed by atoms with Crippen molar-refractivity contribution in [1.29, 1.82) is 0 Å². The normalized spacial score (nSPS) is 20.6. The number of piperidine rings is 1. The molecule has 1 saturated heterocycles. The molecule has 0 amide bonds. The van der Waals surface area contributed by atoms with Crippen molar-refractivity contribution in [3.8, 4) is 0 Å². The molecule has 110 valence electrons. The zero-order valence-electron chi connectivity index (χ0n) is 12.2. The van der Waals surface area contributed by atoms with E-state index >= 15 is 0 Å². The van der Waals surface area contributed by atoms with Crippen LogP contribution in [0, 0.1) is 0 Å². The van der Waals surface area contributed by atoms with Crippen molar-refractivity contribution in [3.63, 3.8) is 0 Å². The van der Waals surface area contributed by atoms with Crippen LogP contribution in [0.2, 0.25) is 0 Å². The number of aliphatic hydroxyl groups is 1. The third-order valence-corrected chi connectivity index (χ3v) is 4.19. The van der Waals surface area contributed by atoms with Crippen LogP contribution in [-0.2, 0) is 11.3 Å². The van der Waals surface area contributed by atoms with Gasteiger partial charge in [-0.05, 0) is 37.8 Å². The predicted octanol–water partition coefficient (Wildman–Crippen LogP) is 2.22. The summed E-state index contributed by atoms with van der Waals surface area (Å²) < 4.78 is 0. The molecule has 1 heterocycles. The maximum absolute atomic E-state index is 10.9. The molecule has 2 N–H and O–H groups in total. The second-order valence-corrected chi connectivity index (χ2v) is 6.07. The molecule has 1 aromatic carbocycles. The van der Waals surface area contributed by atoms with Crippen LogP contribution in [0.15, 0.2) is 24.3 Å². The zero-order chi connectivity index (χ0) is 14.8. The average Bonchev–Trinajstić information content (AvgIpc) is 2.41. The summed E-state index contributed by atoms with van der Waals surface area (Å²) in [5.41, 5.74) is 1.51. The van der Waals surface area contributed by atoms with Gasteiger partial charge in [0.1, 0.15) is 0 Å². The van der Waals surface area contributed by atoms with Gasteiger partial charge in [-0.3, -0.25) is 9.69 Å². The number of aliphatic carboxylic acids is 1. The lowest BCUT2D eigenvalue weighted by Crippen LogP contribution is -2.41. The molecule has 20 heavy (non-hydrogen) atoms. The standard InChI is InChI=1S/C16H23NO3/c1-12(15(18)19)14-5-3-13(4-6-14)11-17-9-7-16(2,20)8-10-17/h3-6,12,20H,7-11H2,1-2H3,(H,18,19). The fourth-order valence-electron chi connectivity index (χ4n) is 2.51. The van der Waals surface area contributed by atoms with Gasteiger partial charge in [-0.2, -0.15) is 0 Å². The van der Waals surface area contributed by atoms with Crippen molar-refractivity contribution >= 4 is 5.97 Å². The van der Waals surface area contributed by atoms with Crippen LogP contribution < -0.4 is 0 Å². The summed E-state index contributed by atoms with van der Waals surface area (Å²) in [6.07, 6.45) is 1.61. The monoisotopic (exact) mass is 277 g/mol. The smallest absolute Gasteiger partial charge is 0.310 e. The van der Waals surface area contributed by atoms with E-state index in [4.69, 9.17) is 5.11 Å². The Labute approximate surface area is 120 Å². The SMILES string of the molecule is CC(C(=O)O)c1ccc(CN2CCC(C)(O)CC2)cc1. The van der Waals surface area contributed by atoms with E-state index in [1.807, 2.05) is 31.2 Å². The lowest BCUT2D eigenvalue weighted by atomic mass is 9.93. The van der Waals surface area contributed by atoms with Crippen molar-refractivity contribution in [3.05, 3.63) is 35.4 Å². The molecule has 1 aliphatic rings. The largest absolute Gasteiger partial charge is 0.481 e. The molecule has 1 aliphatic heterocycles. The number of carboxylic acids is 1. The van der Waals surface area contributed by atoms with Gasteiger partial charge in [-0.25, -0.2) is 0 Å². The molecule has 0 spiro atoms. The number of hydrogen-bond donors (Lipinski definition) is 2. The molecule has 0 saturated carbocycles. The molecule has 0 aliphatic carbocycles. The van der Waals surface area contributed by atoms with Gasteiger partial charge in [-0.15, -0.1) is 0 Å². The molecule has 2 rings (SSSR count). The fraction of sp³-hybridized carbons (Fsp3) is 0.562. The Morgan fingerprint density at radius 1 is 1.30 bits per heavy atom. The molecular weight excluding hydrogens is 254 g/mol. The summed E-state index contributed by atoms with van der Waals surface area (Å²) >= 11 is 0. The lowest BCUT2D eigenvalue weighted by Gasteiger charge is -2.35. The molecule has 1 atom stereocenters.